The Labute approximate surface area is 419 Å². The first-order valence-corrected chi connectivity index (χ1v) is 26.4. The third kappa shape index (κ3) is 12.4. The van der Waals surface area contributed by atoms with E-state index >= 15 is 0 Å². The molecule has 18 nitrogen and oxygen atoms in total. The molecule has 18 heteroatoms. The number of piperidine rings is 1. The fourth-order valence-electron chi connectivity index (χ4n) is 12.4. The Balaban J connectivity index is 1.15. The van der Waals surface area contributed by atoms with E-state index in [0.29, 0.717) is 56.9 Å². The highest BCUT2D eigenvalue weighted by Gasteiger charge is 2.72. The lowest BCUT2D eigenvalue weighted by Gasteiger charge is -2.43. The van der Waals surface area contributed by atoms with E-state index < -0.39 is 83.4 Å². The summed E-state index contributed by atoms with van der Waals surface area (Å²) in [4.78, 5) is 72.7. The number of epoxide rings is 3. The summed E-state index contributed by atoms with van der Waals surface area (Å²) in [5.41, 5.74) is -0.388. The van der Waals surface area contributed by atoms with Crippen molar-refractivity contribution in [3.05, 3.63) is 11.6 Å². The summed E-state index contributed by atoms with van der Waals surface area (Å²) in [6.07, 6.45) is 0.909. The molecule has 7 rings (SSSR count). The minimum atomic E-state index is -2.47. The molecule has 6 heterocycles. The Morgan fingerprint density at radius 1 is 0.845 bits per heavy atom. The van der Waals surface area contributed by atoms with Gasteiger partial charge in [-0.05, 0) is 101 Å². The monoisotopic (exact) mass is 1010 g/mol. The normalized spacial score (nSPS) is 45.6. The zero-order chi connectivity index (χ0) is 51.7. The average molecular weight is 1010 g/mol. The molecule has 0 radical (unpaired) electrons. The van der Waals surface area contributed by atoms with Gasteiger partial charge in [0.25, 0.3) is 11.7 Å². The Bertz CT molecular complexity index is 1930. The topological polar surface area (TPSA) is 242 Å². The van der Waals surface area contributed by atoms with Gasteiger partial charge in [-0.25, -0.2) is 4.79 Å². The molecule has 5 saturated heterocycles. The fourth-order valence-corrected chi connectivity index (χ4v) is 12.4. The third-order valence-corrected chi connectivity index (χ3v) is 17.2. The van der Waals surface area contributed by atoms with E-state index in [4.69, 9.17) is 42.6 Å². The number of hydrogen-bond donors (Lipinski definition) is 3. The number of ketones is 3. The first-order chi connectivity index (χ1) is 33.7. The number of rotatable bonds is 9. The van der Waals surface area contributed by atoms with Crippen molar-refractivity contribution in [3.8, 4) is 0 Å². The number of cyclic esters (lactones) is 1. The van der Waals surface area contributed by atoms with Crippen LogP contribution in [0.3, 0.4) is 0 Å². The molecule has 0 spiro atoms. The van der Waals surface area contributed by atoms with Gasteiger partial charge in [-0.3, -0.25) is 19.2 Å². The van der Waals surface area contributed by atoms with Crippen LogP contribution in [-0.2, 0) is 66.6 Å². The van der Waals surface area contributed by atoms with Crippen LogP contribution in [-0.4, -0.2) is 181 Å². The molecule has 6 unspecified atom stereocenters. The number of ether oxygens (including phenoxy) is 9. The molecule has 6 fully saturated rings. The van der Waals surface area contributed by atoms with Crippen LogP contribution in [0, 0.1) is 35.5 Å². The molecule has 1 aliphatic carbocycles. The largest absolute Gasteiger partial charge is 0.460 e. The third-order valence-electron chi connectivity index (χ3n) is 17.2. The number of carbonyl (C=O) groups is 5. The van der Waals surface area contributed by atoms with Gasteiger partial charge >= 0.3 is 5.97 Å². The van der Waals surface area contributed by atoms with E-state index in [0.717, 1.165) is 6.42 Å². The summed E-state index contributed by atoms with van der Waals surface area (Å²) in [6.45, 7) is 12.9. The van der Waals surface area contributed by atoms with Gasteiger partial charge in [-0.15, -0.1) is 0 Å². The van der Waals surface area contributed by atoms with Crippen LogP contribution >= 0.6 is 0 Å². The molecule has 402 valence electrons. The van der Waals surface area contributed by atoms with E-state index in [1.807, 2.05) is 27.7 Å². The van der Waals surface area contributed by atoms with Gasteiger partial charge in [0.1, 0.15) is 60.2 Å². The molecule has 2 bridgehead atoms. The SMILES string of the molecule is CO[C@H]1C[C@@H]2CC[C@@H](C)[C@@](O)(O2)C(=O)C(=O)N2CCCC[C@H]2C(=O)O[C@H]([C@H](C)C[C@@H]2CC[C@@H](OCCO)[C@H](OC)C2)CC(=O)[C@H](C)/C=C(\C)[C@@H](O)[C@@H](OC)C(=O)[C@H](C)C[C@H](C)C2OC2C2OC2C2OC21C. The van der Waals surface area contributed by atoms with E-state index in [-0.39, 0.29) is 111 Å². The van der Waals surface area contributed by atoms with Gasteiger partial charge in [-0.1, -0.05) is 40.7 Å². The molecule has 1 saturated carbocycles. The number of Topliss-reactive ketones (excluding diaryl/α,β-unsaturated/α-hetero) is 3. The van der Waals surface area contributed by atoms with Crippen LogP contribution in [0.25, 0.3) is 0 Å². The molecule has 3 N–H and O–H groups in total. The highest BCUT2D eigenvalue weighted by Crippen LogP contribution is 2.55. The maximum Gasteiger partial charge on any atom is 0.329 e. The highest BCUT2D eigenvalue weighted by molar-refractivity contribution is 6.39. The predicted molar refractivity (Wildman–Crippen MR) is 255 cm³/mol. The number of carbonyl (C=O) groups excluding carboxylic acids is 5. The fraction of sp³-hybridized carbons (Fsp3) is 0.868. The van der Waals surface area contributed by atoms with Crippen molar-refractivity contribution in [2.24, 2.45) is 35.5 Å². The van der Waals surface area contributed by atoms with Crippen molar-refractivity contribution in [1.82, 2.24) is 4.90 Å². The van der Waals surface area contributed by atoms with Crippen LogP contribution < -0.4 is 0 Å². The molecule has 0 aromatic carbocycles. The van der Waals surface area contributed by atoms with Crippen LogP contribution in [0.1, 0.15) is 126 Å². The number of allylic oxidation sites excluding steroid dienone is 1. The minimum absolute atomic E-state index is 0.0197. The summed E-state index contributed by atoms with van der Waals surface area (Å²) in [5.74, 6) is -8.19. The number of fused-ring (bicyclic) bond motifs is 8. The zero-order valence-electron chi connectivity index (χ0n) is 43.7. The van der Waals surface area contributed by atoms with Gasteiger partial charge < -0.3 is 62.9 Å². The Morgan fingerprint density at radius 2 is 1.56 bits per heavy atom. The van der Waals surface area contributed by atoms with Crippen molar-refractivity contribution in [1.29, 1.82) is 0 Å². The van der Waals surface area contributed by atoms with E-state index in [9.17, 15) is 39.3 Å². The van der Waals surface area contributed by atoms with Gasteiger partial charge in [0.2, 0.25) is 5.79 Å². The first-order valence-electron chi connectivity index (χ1n) is 26.4. The summed E-state index contributed by atoms with van der Waals surface area (Å²) < 4.78 is 54.5. The number of hydrogen-bond acceptors (Lipinski definition) is 17. The van der Waals surface area contributed by atoms with Crippen LogP contribution in [0.4, 0.5) is 0 Å². The lowest BCUT2D eigenvalue weighted by molar-refractivity contribution is -0.267. The zero-order valence-corrected chi connectivity index (χ0v) is 43.7. The second-order valence-electron chi connectivity index (χ2n) is 22.3. The predicted octanol–water partition coefficient (Wildman–Crippen LogP) is 3.83. The van der Waals surface area contributed by atoms with Gasteiger partial charge in [-0.2, -0.15) is 0 Å². The maximum atomic E-state index is 14.5. The average Bonchev–Trinajstić information content (AvgIpc) is 4.28. The molecule has 71 heavy (non-hydrogen) atoms. The van der Waals surface area contributed by atoms with Gasteiger partial charge in [0, 0.05) is 58.5 Å². The lowest BCUT2D eigenvalue weighted by Crippen LogP contribution is -2.61. The van der Waals surface area contributed by atoms with Crippen LogP contribution in [0.15, 0.2) is 11.6 Å². The lowest BCUT2D eigenvalue weighted by atomic mass is 9.78. The van der Waals surface area contributed by atoms with Crippen LogP contribution in [0.2, 0.25) is 0 Å². The van der Waals surface area contributed by atoms with Gasteiger partial charge in [0.05, 0.1) is 43.7 Å². The molecule has 21 atom stereocenters. The summed E-state index contributed by atoms with van der Waals surface area (Å²) in [6, 6.07) is -1.16. The number of aliphatic hydroxyl groups is 3. The summed E-state index contributed by atoms with van der Waals surface area (Å²) >= 11 is 0. The molecule has 0 aromatic rings. The number of amides is 1. The van der Waals surface area contributed by atoms with E-state index in [2.05, 4.69) is 0 Å². The summed E-state index contributed by atoms with van der Waals surface area (Å²) in [7, 11) is 4.58. The number of nitrogens with zero attached hydrogens (tertiary/aromatic N) is 1. The van der Waals surface area contributed by atoms with Crippen molar-refractivity contribution >= 4 is 29.2 Å². The number of esters is 1. The number of methoxy groups -OCH3 is 3. The first kappa shape index (κ1) is 56.0. The van der Waals surface area contributed by atoms with E-state index in [1.54, 1.807) is 41.1 Å². The Kier molecular flexibility index (Phi) is 18.5. The second-order valence-corrected chi connectivity index (χ2v) is 22.3. The van der Waals surface area contributed by atoms with Crippen molar-refractivity contribution in [2.75, 3.05) is 41.1 Å². The Morgan fingerprint density at radius 3 is 2.25 bits per heavy atom. The smallest absolute Gasteiger partial charge is 0.329 e. The standard InChI is InChI=1S/C53H83NO17/c1-27-21-29(3)41(57)44(65-10)42(58)30(4)22-31(5)43-45(68-43)46-47(69-46)49-52(7,71-49)40(64-9)25-34-16-14-32(6)53(62,70-34)48(59)50(60)54-18-12-11-13-35(54)51(61)67-38(26-36(27)56)28(2)23-33-15-17-37(66-20-19-55)39(24-33)63-8/h21,27-28,30-35,37-41,43-47,49,55,57,62H,11-20,22-26H2,1-10H3/b29-21+/t27-,28-,30-,31+,32-,33+,34+,35+,37-,38+,39-,40+,41-,43?,44-,45?,46?,47?,49?,52?,53-/m1/s1. The van der Waals surface area contributed by atoms with E-state index in [1.165, 1.54) is 12.0 Å². The summed E-state index contributed by atoms with van der Waals surface area (Å²) in [5, 5.41) is 33.0. The van der Waals surface area contributed by atoms with Crippen molar-refractivity contribution < 1.29 is 81.9 Å². The molecule has 0 aromatic heterocycles. The highest BCUT2D eigenvalue weighted by atomic mass is 16.7. The van der Waals surface area contributed by atoms with Crippen molar-refractivity contribution in [2.45, 2.75) is 216 Å². The molecular formula is C53H83NO17. The van der Waals surface area contributed by atoms with Crippen molar-refractivity contribution in [3.63, 3.8) is 0 Å². The van der Waals surface area contributed by atoms with Crippen LogP contribution in [0.5, 0.6) is 0 Å². The Hall–Kier alpha value is -2.75. The molecular weight excluding hydrogens is 923 g/mol. The quantitative estimate of drug-likeness (QED) is 0.129. The molecule has 6 aliphatic heterocycles. The minimum Gasteiger partial charge on any atom is -0.460 e. The van der Waals surface area contributed by atoms with Gasteiger partial charge in [0.15, 0.2) is 5.78 Å². The molecule has 1 amide bonds. The molecule has 7 aliphatic rings. The second kappa shape index (κ2) is 23.4. The number of aliphatic hydroxyl groups excluding tert-OH is 2. The maximum absolute atomic E-state index is 14.5.